The van der Waals surface area contributed by atoms with Gasteiger partial charge in [0.1, 0.15) is 0 Å². The molecule has 0 amide bonds. The Kier molecular flexibility index (Phi) is 6.36. The third kappa shape index (κ3) is 5.23. The number of aromatic nitrogens is 1. The Hall–Kier alpha value is -1.23. The Labute approximate surface area is 132 Å². The van der Waals surface area contributed by atoms with E-state index >= 15 is 0 Å². The molecular weight excluding hydrogens is 280 g/mol. The van der Waals surface area contributed by atoms with Gasteiger partial charge in [0.2, 0.25) is 0 Å². The molecule has 1 aliphatic rings. The zero-order valence-corrected chi connectivity index (χ0v) is 14.0. The van der Waals surface area contributed by atoms with E-state index in [-0.39, 0.29) is 0 Å². The van der Waals surface area contributed by atoms with Crippen LogP contribution in [0.1, 0.15) is 30.5 Å². The molecule has 0 bridgehead atoms. The van der Waals surface area contributed by atoms with Crippen LogP contribution in [0.4, 0.5) is 0 Å². The fraction of sp³-hybridized carbons (Fsp3) is 0.625. The van der Waals surface area contributed by atoms with Crippen LogP contribution in [0.2, 0.25) is 0 Å². The van der Waals surface area contributed by atoms with Crippen LogP contribution in [0.15, 0.2) is 23.3 Å². The third-order valence-electron chi connectivity index (χ3n) is 3.96. The zero-order valence-electron chi connectivity index (χ0n) is 13.2. The predicted molar refractivity (Wildman–Crippen MR) is 92.1 cm³/mol. The number of rotatable bonds is 5. The maximum Gasteiger partial charge on any atom is 0.191 e. The summed E-state index contributed by atoms with van der Waals surface area (Å²) in [6.07, 6.45) is 8.91. The Morgan fingerprint density at radius 1 is 1.43 bits per heavy atom. The molecule has 116 valence electrons. The molecule has 2 rings (SSSR count). The number of guanidine groups is 1. The highest BCUT2D eigenvalue weighted by atomic mass is 32.2. The quantitative estimate of drug-likeness (QED) is 0.648. The van der Waals surface area contributed by atoms with Gasteiger partial charge in [-0.1, -0.05) is 6.07 Å². The van der Waals surface area contributed by atoms with Crippen LogP contribution < -0.4 is 10.6 Å². The van der Waals surface area contributed by atoms with Crippen molar-refractivity contribution in [1.82, 2.24) is 15.6 Å². The minimum absolute atomic E-state index is 0.565. The van der Waals surface area contributed by atoms with Gasteiger partial charge in [0.25, 0.3) is 0 Å². The second-order valence-corrected chi connectivity index (χ2v) is 6.71. The summed E-state index contributed by atoms with van der Waals surface area (Å²) in [5.74, 6) is 0.918. The topological polar surface area (TPSA) is 49.3 Å². The van der Waals surface area contributed by atoms with Gasteiger partial charge in [-0.15, -0.1) is 0 Å². The number of pyridine rings is 1. The van der Waals surface area contributed by atoms with E-state index in [1.807, 2.05) is 31.9 Å². The van der Waals surface area contributed by atoms with Crippen LogP contribution in [-0.2, 0) is 6.42 Å². The van der Waals surface area contributed by atoms with Gasteiger partial charge in [-0.2, -0.15) is 11.8 Å². The van der Waals surface area contributed by atoms with Crippen molar-refractivity contribution < 1.29 is 0 Å². The van der Waals surface area contributed by atoms with Crippen molar-refractivity contribution in [2.45, 2.75) is 43.9 Å². The molecule has 0 saturated heterocycles. The van der Waals surface area contributed by atoms with Gasteiger partial charge in [-0.25, -0.2) is 0 Å². The first-order valence-corrected chi connectivity index (χ1v) is 8.91. The summed E-state index contributed by atoms with van der Waals surface area (Å²) in [5, 5.41) is 7.74. The lowest BCUT2D eigenvalue weighted by molar-refractivity contribution is 0.614. The van der Waals surface area contributed by atoms with Gasteiger partial charge in [0.05, 0.1) is 0 Å². The molecule has 1 aromatic heterocycles. The molecular formula is C16H26N4S. The Morgan fingerprint density at radius 3 is 2.90 bits per heavy atom. The second kappa shape index (κ2) is 8.27. The van der Waals surface area contributed by atoms with E-state index in [2.05, 4.69) is 39.0 Å². The summed E-state index contributed by atoms with van der Waals surface area (Å²) in [4.78, 5) is 8.64. The van der Waals surface area contributed by atoms with Gasteiger partial charge in [-0.05, 0) is 50.5 Å². The Balaban J connectivity index is 1.72. The van der Waals surface area contributed by atoms with Crippen LogP contribution in [0.3, 0.4) is 0 Å². The largest absolute Gasteiger partial charge is 0.356 e. The van der Waals surface area contributed by atoms with E-state index in [4.69, 9.17) is 0 Å². The van der Waals surface area contributed by atoms with E-state index in [9.17, 15) is 0 Å². The first-order chi connectivity index (χ1) is 10.2. The SMILES string of the molecule is CN=C(NCCc1ccc(C)nc1)NC1CCC(SC)C1. The summed E-state index contributed by atoms with van der Waals surface area (Å²) in [5.41, 5.74) is 2.32. The van der Waals surface area contributed by atoms with Crippen LogP contribution in [0, 0.1) is 6.92 Å². The molecule has 1 aromatic rings. The Bertz CT molecular complexity index is 458. The smallest absolute Gasteiger partial charge is 0.191 e. The molecule has 21 heavy (non-hydrogen) atoms. The molecule has 0 aromatic carbocycles. The van der Waals surface area contributed by atoms with Crippen molar-refractivity contribution in [2.75, 3.05) is 19.8 Å². The number of aryl methyl sites for hydroxylation is 1. The van der Waals surface area contributed by atoms with E-state index < -0.39 is 0 Å². The minimum atomic E-state index is 0.565. The molecule has 2 unspecified atom stereocenters. The van der Waals surface area contributed by atoms with Crippen LogP contribution in [0.5, 0.6) is 0 Å². The average molecular weight is 306 g/mol. The highest BCUT2D eigenvalue weighted by Crippen LogP contribution is 2.27. The number of nitrogens with one attached hydrogen (secondary N) is 2. The lowest BCUT2D eigenvalue weighted by Gasteiger charge is -2.17. The van der Waals surface area contributed by atoms with Gasteiger partial charge < -0.3 is 10.6 Å². The number of thioether (sulfide) groups is 1. The maximum atomic E-state index is 4.32. The summed E-state index contributed by atoms with van der Waals surface area (Å²) in [6, 6.07) is 4.76. The molecule has 2 atom stereocenters. The molecule has 5 heteroatoms. The zero-order chi connectivity index (χ0) is 15.1. The minimum Gasteiger partial charge on any atom is -0.356 e. The lowest BCUT2D eigenvalue weighted by Crippen LogP contribution is -2.43. The van der Waals surface area contributed by atoms with Crippen molar-refractivity contribution in [3.63, 3.8) is 0 Å². The Morgan fingerprint density at radius 2 is 2.29 bits per heavy atom. The van der Waals surface area contributed by atoms with Crippen molar-refractivity contribution in [2.24, 2.45) is 4.99 Å². The summed E-state index contributed by atoms with van der Waals surface area (Å²) in [6.45, 7) is 2.89. The molecule has 1 fully saturated rings. The van der Waals surface area contributed by atoms with Gasteiger partial charge in [0, 0.05) is 36.8 Å². The maximum absolute atomic E-state index is 4.32. The summed E-state index contributed by atoms with van der Waals surface area (Å²) in [7, 11) is 1.84. The molecule has 1 heterocycles. The molecule has 1 saturated carbocycles. The van der Waals surface area contributed by atoms with Gasteiger partial charge >= 0.3 is 0 Å². The van der Waals surface area contributed by atoms with Crippen LogP contribution >= 0.6 is 11.8 Å². The summed E-state index contributed by atoms with van der Waals surface area (Å²) >= 11 is 1.98. The fourth-order valence-corrected chi connectivity index (χ4v) is 3.44. The monoisotopic (exact) mass is 306 g/mol. The average Bonchev–Trinajstić information content (AvgIpc) is 2.96. The van der Waals surface area contributed by atoms with Crippen molar-refractivity contribution in [1.29, 1.82) is 0 Å². The van der Waals surface area contributed by atoms with Crippen molar-refractivity contribution in [3.8, 4) is 0 Å². The molecule has 2 N–H and O–H groups in total. The number of nitrogens with zero attached hydrogens (tertiary/aromatic N) is 2. The molecule has 0 aliphatic heterocycles. The second-order valence-electron chi connectivity index (χ2n) is 5.57. The predicted octanol–water partition coefficient (Wildman–Crippen LogP) is 2.38. The molecule has 0 radical (unpaired) electrons. The van der Waals surface area contributed by atoms with Crippen LogP contribution in [0.25, 0.3) is 0 Å². The molecule has 4 nitrogen and oxygen atoms in total. The number of hydrogen-bond donors (Lipinski definition) is 2. The third-order valence-corrected chi connectivity index (χ3v) is 5.06. The highest BCUT2D eigenvalue weighted by molar-refractivity contribution is 7.99. The normalized spacial score (nSPS) is 22.3. The first kappa shape index (κ1) is 16.1. The summed E-state index contributed by atoms with van der Waals surface area (Å²) < 4.78 is 0. The van der Waals surface area contributed by atoms with Crippen LogP contribution in [-0.4, -0.2) is 42.1 Å². The first-order valence-electron chi connectivity index (χ1n) is 7.62. The highest BCUT2D eigenvalue weighted by Gasteiger charge is 2.24. The number of aliphatic imine (C=N–C) groups is 1. The van der Waals surface area contributed by atoms with E-state index in [1.165, 1.54) is 24.8 Å². The standard InChI is InChI=1S/C16H26N4S/c1-12-4-5-13(11-19-12)8-9-18-16(17-2)20-14-6-7-15(10-14)21-3/h4-5,11,14-15H,6-10H2,1-3H3,(H2,17,18,20). The van der Waals surface area contributed by atoms with Crippen molar-refractivity contribution in [3.05, 3.63) is 29.6 Å². The fourth-order valence-electron chi connectivity index (χ4n) is 2.64. The lowest BCUT2D eigenvalue weighted by atomic mass is 10.2. The molecule has 0 spiro atoms. The number of hydrogen-bond acceptors (Lipinski definition) is 3. The van der Waals surface area contributed by atoms with E-state index in [0.29, 0.717) is 6.04 Å². The van der Waals surface area contributed by atoms with Gasteiger partial charge in [-0.3, -0.25) is 9.98 Å². The van der Waals surface area contributed by atoms with E-state index in [1.54, 1.807) is 0 Å². The molecule has 1 aliphatic carbocycles. The van der Waals surface area contributed by atoms with E-state index in [0.717, 1.165) is 29.9 Å². The van der Waals surface area contributed by atoms with Gasteiger partial charge in [0.15, 0.2) is 5.96 Å². The van der Waals surface area contributed by atoms with Crippen molar-refractivity contribution >= 4 is 17.7 Å².